The Hall–Kier alpha value is -1.55. The number of hydrogen-bond acceptors (Lipinski definition) is 3. The Morgan fingerprint density at radius 3 is 2.53 bits per heavy atom. The Bertz CT molecular complexity index is 362. The van der Waals surface area contributed by atoms with Crippen LogP contribution in [-0.2, 0) is 4.79 Å². The van der Waals surface area contributed by atoms with E-state index in [2.05, 4.69) is 5.32 Å². The lowest BCUT2D eigenvalue weighted by molar-refractivity contribution is -0.125. The SMILES string of the molecule is CCC(C)C(=O)NCC(O)c1ccc(N)cc1. The van der Waals surface area contributed by atoms with E-state index in [9.17, 15) is 9.90 Å². The van der Waals surface area contributed by atoms with Crippen LogP contribution in [-0.4, -0.2) is 17.6 Å². The number of nitrogens with two attached hydrogens (primary N) is 1. The standard InChI is InChI=1S/C13H20N2O2/c1-3-9(2)13(17)15-8-12(16)10-4-6-11(14)7-5-10/h4-7,9,12,16H,3,8,14H2,1-2H3,(H,15,17). The molecule has 0 aromatic heterocycles. The largest absolute Gasteiger partial charge is 0.399 e. The molecule has 1 aromatic rings. The number of amides is 1. The Labute approximate surface area is 102 Å². The van der Waals surface area contributed by atoms with Crippen LogP contribution in [0.5, 0.6) is 0 Å². The summed E-state index contributed by atoms with van der Waals surface area (Å²) < 4.78 is 0. The van der Waals surface area contributed by atoms with Gasteiger partial charge in [-0.3, -0.25) is 4.79 Å². The zero-order valence-electron chi connectivity index (χ0n) is 10.3. The minimum Gasteiger partial charge on any atom is -0.399 e. The summed E-state index contributed by atoms with van der Waals surface area (Å²) >= 11 is 0. The molecular formula is C13H20N2O2. The van der Waals surface area contributed by atoms with Gasteiger partial charge in [0.15, 0.2) is 0 Å². The number of nitrogen functional groups attached to an aromatic ring is 1. The molecule has 0 aliphatic carbocycles. The Morgan fingerprint density at radius 2 is 2.00 bits per heavy atom. The highest BCUT2D eigenvalue weighted by Gasteiger charge is 2.13. The summed E-state index contributed by atoms with van der Waals surface area (Å²) in [5.41, 5.74) is 6.97. The van der Waals surface area contributed by atoms with Crippen molar-refractivity contribution in [2.24, 2.45) is 5.92 Å². The summed E-state index contributed by atoms with van der Waals surface area (Å²) in [6, 6.07) is 6.98. The summed E-state index contributed by atoms with van der Waals surface area (Å²) in [5, 5.41) is 12.6. The van der Waals surface area contributed by atoms with E-state index >= 15 is 0 Å². The zero-order valence-corrected chi connectivity index (χ0v) is 10.3. The molecule has 4 heteroatoms. The maximum absolute atomic E-state index is 11.5. The molecule has 0 heterocycles. The van der Waals surface area contributed by atoms with Gasteiger partial charge in [0.25, 0.3) is 0 Å². The van der Waals surface area contributed by atoms with Gasteiger partial charge in [0, 0.05) is 18.2 Å². The highest BCUT2D eigenvalue weighted by atomic mass is 16.3. The van der Waals surface area contributed by atoms with Crippen LogP contribution in [0.15, 0.2) is 24.3 Å². The molecule has 0 fully saturated rings. The molecule has 0 aliphatic heterocycles. The number of anilines is 1. The molecule has 1 aromatic carbocycles. The highest BCUT2D eigenvalue weighted by molar-refractivity contribution is 5.78. The average Bonchev–Trinajstić information content (AvgIpc) is 2.35. The molecule has 2 atom stereocenters. The van der Waals surface area contributed by atoms with Crippen molar-refractivity contribution in [3.05, 3.63) is 29.8 Å². The van der Waals surface area contributed by atoms with E-state index in [0.29, 0.717) is 5.69 Å². The predicted octanol–water partition coefficient (Wildman–Crippen LogP) is 1.46. The number of aliphatic hydroxyl groups excluding tert-OH is 1. The molecule has 4 N–H and O–H groups in total. The molecular weight excluding hydrogens is 216 g/mol. The summed E-state index contributed by atoms with van der Waals surface area (Å²) in [6.07, 6.45) is 0.104. The molecule has 0 saturated carbocycles. The fourth-order valence-corrected chi connectivity index (χ4v) is 1.39. The monoisotopic (exact) mass is 236 g/mol. The topological polar surface area (TPSA) is 75.3 Å². The van der Waals surface area contributed by atoms with Crippen LogP contribution in [0.4, 0.5) is 5.69 Å². The van der Waals surface area contributed by atoms with E-state index in [0.717, 1.165) is 12.0 Å². The number of aliphatic hydroxyl groups is 1. The van der Waals surface area contributed by atoms with Gasteiger partial charge in [0.1, 0.15) is 0 Å². The first-order chi connectivity index (χ1) is 8.04. The van der Waals surface area contributed by atoms with Crippen LogP contribution in [0, 0.1) is 5.92 Å². The molecule has 0 aliphatic rings. The van der Waals surface area contributed by atoms with Gasteiger partial charge >= 0.3 is 0 Å². The third-order valence-corrected chi connectivity index (χ3v) is 2.85. The van der Waals surface area contributed by atoms with Crippen molar-refractivity contribution >= 4 is 11.6 Å². The smallest absolute Gasteiger partial charge is 0.222 e. The second-order valence-electron chi connectivity index (χ2n) is 4.24. The average molecular weight is 236 g/mol. The molecule has 94 valence electrons. The van der Waals surface area contributed by atoms with Crippen LogP contribution in [0.3, 0.4) is 0 Å². The van der Waals surface area contributed by atoms with Crippen molar-refractivity contribution in [1.29, 1.82) is 0 Å². The fourth-order valence-electron chi connectivity index (χ4n) is 1.39. The molecule has 0 spiro atoms. The molecule has 17 heavy (non-hydrogen) atoms. The van der Waals surface area contributed by atoms with Crippen LogP contribution >= 0.6 is 0 Å². The normalized spacial score (nSPS) is 14.1. The lowest BCUT2D eigenvalue weighted by atomic mass is 10.1. The molecule has 0 bridgehead atoms. The maximum atomic E-state index is 11.5. The zero-order chi connectivity index (χ0) is 12.8. The van der Waals surface area contributed by atoms with Crippen molar-refractivity contribution < 1.29 is 9.90 Å². The van der Waals surface area contributed by atoms with Gasteiger partial charge in [-0.25, -0.2) is 0 Å². The molecule has 1 amide bonds. The van der Waals surface area contributed by atoms with Crippen molar-refractivity contribution in [3.8, 4) is 0 Å². The first-order valence-electron chi connectivity index (χ1n) is 5.85. The van der Waals surface area contributed by atoms with Gasteiger partial charge in [-0.15, -0.1) is 0 Å². The summed E-state index contributed by atoms with van der Waals surface area (Å²) in [6.45, 7) is 4.05. The minimum atomic E-state index is -0.691. The Morgan fingerprint density at radius 1 is 1.41 bits per heavy atom. The molecule has 0 radical (unpaired) electrons. The number of rotatable bonds is 5. The maximum Gasteiger partial charge on any atom is 0.222 e. The second kappa shape index (κ2) is 6.25. The van der Waals surface area contributed by atoms with Gasteiger partial charge in [-0.05, 0) is 24.1 Å². The van der Waals surface area contributed by atoms with Gasteiger partial charge in [-0.2, -0.15) is 0 Å². The van der Waals surface area contributed by atoms with E-state index in [1.165, 1.54) is 0 Å². The van der Waals surface area contributed by atoms with Crippen LogP contribution in [0.25, 0.3) is 0 Å². The molecule has 4 nitrogen and oxygen atoms in total. The number of carbonyl (C=O) groups excluding carboxylic acids is 1. The van der Waals surface area contributed by atoms with Gasteiger partial charge < -0.3 is 16.2 Å². The predicted molar refractivity (Wildman–Crippen MR) is 68.3 cm³/mol. The molecule has 1 rings (SSSR count). The van der Waals surface area contributed by atoms with Crippen LogP contribution in [0.1, 0.15) is 31.9 Å². The number of nitrogens with one attached hydrogen (secondary N) is 1. The minimum absolute atomic E-state index is 0.0198. The van der Waals surface area contributed by atoms with E-state index < -0.39 is 6.10 Å². The van der Waals surface area contributed by atoms with Crippen molar-refractivity contribution in [2.45, 2.75) is 26.4 Å². The molecule has 2 unspecified atom stereocenters. The third-order valence-electron chi connectivity index (χ3n) is 2.85. The summed E-state index contributed by atoms with van der Waals surface area (Å²) in [7, 11) is 0. The highest BCUT2D eigenvalue weighted by Crippen LogP contribution is 2.14. The van der Waals surface area contributed by atoms with E-state index in [4.69, 9.17) is 5.73 Å². The summed E-state index contributed by atoms with van der Waals surface area (Å²) in [5.74, 6) is -0.0457. The van der Waals surface area contributed by atoms with Gasteiger partial charge in [0.05, 0.1) is 6.10 Å². The van der Waals surface area contributed by atoms with Crippen molar-refractivity contribution in [3.63, 3.8) is 0 Å². The second-order valence-corrected chi connectivity index (χ2v) is 4.24. The first kappa shape index (κ1) is 13.5. The van der Waals surface area contributed by atoms with E-state index in [1.54, 1.807) is 24.3 Å². The summed E-state index contributed by atoms with van der Waals surface area (Å²) in [4.78, 5) is 11.5. The van der Waals surface area contributed by atoms with E-state index in [1.807, 2.05) is 13.8 Å². The van der Waals surface area contributed by atoms with Crippen molar-refractivity contribution in [2.75, 3.05) is 12.3 Å². The van der Waals surface area contributed by atoms with Crippen LogP contribution < -0.4 is 11.1 Å². The van der Waals surface area contributed by atoms with Crippen LogP contribution in [0.2, 0.25) is 0 Å². The first-order valence-corrected chi connectivity index (χ1v) is 5.85. The number of carbonyl (C=O) groups is 1. The fraction of sp³-hybridized carbons (Fsp3) is 0.462. The number of benzene rings is 1. The van der Waals surface area contributed by atoms with Gasteiger partial charge in [0.2, 0.25) is 5.91 Å². The Kier molecular flexibility index (Phi) is 4.97. The quantitative estimate of drug-likeness (QED) is 0.677. The molecule has 0 saturated heterocycles. The Balaban J connectivity index is 2.47. The lowest BCUT2D eigenvalue weighted by Gasteiger charge is -2.14. The lowest BCUT2D eigenvalue weighted by Crippen LogP contribution is -2.32. The van der Waals surface area contributed by atoms with E-state index in [-0.39, 0.29) is 18.4 Å². The van der Waals surface area contributed by atoms with Crippen molar-refractivity contribution in [1.82, 2.24) is 5.32 Å². The number of hydrogen-bond donors (Lipinski definition) is 3. The van der Waals surface area contributed by atoms with Gasteiger partial charge in [-0.1, -0.05) is 26.0 Å². The third kappa shape index (κ3) is 4.07.